The molecule has 0 aromatic heterocycles. The summed E-state index contributed by atoms with van der Waals surface area (Å²) in [4.78, 5) is 2.46. The predicted octanol–water partition coefficient (Wildman–Crippen LogP) is 2.50. The Morgan fingerprint density at radius 1 is 1.12 bits per heavy atom. The SMILES string of the molecule is CCOCCN(CC)CCCCC(C)(C)CN. The molecule has 0 heterocycles. The molecule has 0 unspecified atom stereocenters. The summed E-state index contributed by atoms with van der Waals surface area (Å²) in [5.41, 5.74) is 6.04. The van der Waals surface area contributed by atoms with Gasteiger partial charge in [0.25, 0.3) is 0 Å². The van der Waals surface area contributed by atoms with Gasteiger partial charge in [-0.25, -0.2) is 0 Å². The Kier molecular flexibility index (Phi) is 9.79. The molecule has 0 radical (unpaired) electrons. The summed E-state index contributed by atoms with van der Waals surface area (Å²) in [6.45, 7) is 14.6. The molecule has 2 N–H and O–H groups in total. The second-order valence-corrected chi connectivity index (χ2v) is 5.46. The molecule has 0 aliphatic heterocycles. The molecule has 17 heavy (non-hydrogen) atoms. The normalized spacial score (nSPS) is 12.4. The fourth-order valence-corrected chi connectivity index (χ4v) is 1.81. The van der Waals surface area contributed by atoms with Crippen molar-refractivity contribution in [3.05, 3.63) is 0 Å². The van der Waals surface area contributed by atoms with Crippen LogP contribution in [0.2, 0.25) is 0 Å². The minimum Gasteiger partial charge on any atom is -0.380 e. The molecule has 0 saturated carbocycles. The van der Waals surface area contributed by atoms with E-state index in [1.165, 1.54) is 25.8 Å². The van der Waals surface area contributed by atoms with Gasteiger partial charge >= 0.3 is 0 Å². The van der Waals surface area contributed by atoms with Crippen molar-refractivity contribution < 1.29 is 4.74 Å². The summed E-state index contributed by atoms with van der Waals surface area (Å²) >= 11 is 0. The third kappa shape index (κ3) is 9.57. The Labute approximate surface area is 108 Å². The Hall–Kier alpha value is -0.120. The number of hydrogen-bond donors (Lipinski definition) is 1. The second kappa shape index (κ2) is 9.86. The van der Waals surface area contributed by atoms with Crippen LogP contribution in [0.4, 0.5) is 0 Å². The molecule has 3 nitrogen and oxygen atoms in total. The molecule has 0 rings (SSSR count). The molecule has 0 saturated heterocycles. The molecule has 0 aromatic rings. The molecule has 0 spiro atoms. The Morgan fingerprint density at radius 3 is 2.35 bits per heavy atom. The highest BCUT2D eigenvalue weighted by molar-refractivity contribution is 4.69. The summed E-state index contributed by atoms with van der Waals surface area (Å²) < 4.78 is 5.39. The number of hydrogen-bond acceptors (Lipinski definition) is 3. The summed E-state index contributed by atoms with van der Waals surface area (Å²) in [5, 5.41) is 0. The molecule has 0 amide bonds. The highest BCUT2D eigenvalue weighted by Crippen LogP contribution is 2.21. The maximum atomic E-state index is 5.73. The summed E-state index contributed by atoms with van der Waals surface area (Å²) in [6.07, 6.45) is 3.77. The predicted molar refractivity (Wildman–Crippen MR) is 75.3 cm³/mol. The monoisotopic (exact) mass is 244 g/mol. The largest absolute Gasteiger partial charge is 0.380 e. The third-order valence-corrected chi connectivity index (χ3v) is 3.33. The minimum atomic E-state index is 0.308. The fourth-order valence-electron chi connectivity index (χ4n) is 1.81. The van der Waals surface area contributed by atoms with E-state index in [-0.39, 0.29) is 0 Å². The van der Waals surface area contributed by atoms with Crippen molar-refractivity contribution in [1.82, 2.24) is 4.90 Å². The average Bonchev–Trinajstić information content (AvgIpc) is 2.32. The molecule has 0 aliphatic rings. The Bertz CT molecular complexity index is 172. The van der Waals surface area contributed by atoms with Crippen molar-refractivity contribution >= 4 is 0 Å². The van der Waals surface area contributed by atoms with Crippen molar-refractivity contribution in [3.63, 3.8) is 0 Å². The first-order chi connectivity index (χ1) is 8.05. The van der Waals surface area contributed by atoms with Gasteiger partial charge in [-0.2, -0.15) is 0 Å². The van der Waals surface area contributed by atoms with Crippen molar-refractivity contribution in [1.29, 1.82) is 0 Å². The van der Waals surface area contributed by atoms with Crippen molar-refractivity contribution in [3.8, 4) is 0 Å². The molecule has 0 aliphatic carbocycles. The lowest BCUT2D eigenvalue weighted by Crippen LogP contribution is -2.29. The lowest BCUT2D eigenvalue weighted by atomic mass is 9.87. The maximum Gasteiger partial charge on any atom is 0.0593 e. The van der Waals surface area contributed by atoms with Crippen molar-refractivity contribution in [2.75, 3.05) is 39.4 Å². The molecule has 0 atom stereocenters. The first kappa shape index (κ1) is 16.9. The van der Waals surface area contributed by atoms with Gasteiger partial charge in [-0.1, -0.05) is 27.2 Å². The number of nitrogens with zero attached hydrogens (tertiary/aromatic N) is 1. The number of unbranched alkanes of at least 4 members (excludes halogenated alkanes) is 1. The van der Waals surface area contributed by atoms with E-state index in [0.29, 0.717) is 5.41 Å². The summed E-state index contributed by atoms with van der Waals surface area (Å²) in [6, 6.07) is 0. The molecule has 3 heteroatoms. The fraction of sp³-hybridized carbons (Fsp3) is 1.00. The van der Waals surface area contributed by atoms with Gasteiger partial charge in [-0.05, 0) is 44.8 Å². The number of rotatable bonds is 11. The molecular formula is C14H32N2O. The van der Waals surface area contributed by atoms with Gasteiger partial charge in [0.2, 0.25) is 0 Å². The second-order valence-electron chi connectivity index (χ2n) is 5.46. The van der Waals surface area contributed by atoms with Crippen LogP contribution in [0.15, 0.2) is 0 Å². The molecular weight excluding hydrogens is 212 g/mol. The van der Waals surface area contributed by atoms with Crippen LogP contribution in [0.1, 0.15) is 47.0 Å². The lowest BCUT2D eigenvalue weighted by molar-refractivity contribution is 0.114. The topological polar surface area (TPSA) is 38.5 Å². The number of ether oxygens (including phenoxy) is 1. The highest BCUT2D eigenvalue weighted by Gasteiger charge is 2.14. The van der Waals surface area contributed by atoms with Gasteiger partial charge in [-0.3, -0.25) is 0 Å². The zero-order valence-electron chi connectivity index (χ0n) is 12.3. The van der Waals surface area contributed by atoms with Crippen molar-refractivity contribution in [2.45, 2.75) is 47.0 Å². The van der Waals surface area contributed by atoms with E-state index in [1.807, 2.05) is 6.92 Å². The van der Waals surface area contributed by atoms with Crippen molar-refractivity contribution in [2.24, 2.45) is 11.1 Å². The van der Waals surface area contributed by atoms with E-state index >= 15 is 0 Å². The Balaban J connectivity index is 3.56. The van der Waals surface area contributed by atoms with E-state index in [1.54, 1.807) is 0 Å². The number of nitrogens with two attached hydrogens (primary N) is 1. The Morgan fingerprint density at radius 2 is 1.82 bits per heavy atom. The lowest BCUT2D eigenvalue weighted by Gasteiger charge is -2.24. The van der Waals surface area contributed by atoms with Crippen LogP contribution >= 0.6 is 0 Å². The highest BCUT2D eigenvalue weighted by atomic mass is 16.5. The number of likely N-dealkylation sites (N-methyl/N-ethyl adjacent to an activating group) is 1. The smallest absolute Gasteiger partial charge is 0.0593 e. The van der Waals surface area contributed by atoms with E-state index in [2.05, 4.69) is 25.7 Å². The molecule has 0 fully saturated rings. The van der Waals surface area contributed by atoms with E-state index in [4.69, 9.17) is 10.5 Å². The van der Waals surface area contributed by atoms with Crippen LogP contribution in [0, 0.1) is 5.41 Å². The molecule has 0 aromatic carbocycles. The van der Waals surface area contributed by atoms with Crippen LogP contribution in [0.5, 0.6) is 0 Å². The van der Waals surface area contributed by atoms with Gasteiger partial charge in [0, 0.05) is 13.2 Å². The van der Waals surface area contributed by atoms with Crippen LogP contribution < -0.4 is 5.73 Å². The quantitative estimate of drug-likeness (QED) is 0.568. The van der Waals surface area contributed by atoms with E-state index in [9.17, 15) is 0 Å². The van der Waals surface area contributed by atoms with Crippen LogP contribution in [-0.2, 0) is 4.74 Å². The van der Waals surface area contributed by atoms with Gasteiger partial charge in [-0.15, -0.1) is 0 Å². The van der Waals surface area contributed by atoms with E-state index in [0.717, 1.165) is 32.8 Å². The van der Waals surface area contributed by atoms with Crippen LogP contribution in [0.25, 0.3) is 0 Å². The third-order valence-electron chi connectivity index (χ3n) is 3.33. The van der Waals surface area contributed by atoms with Gasteiger partial charge in [0.15, 0.2) is 0 Å². The van der Waals surface area contributed by atoms with Crippen LogP contribution in [-0.4, -0.2) is 44.3 Å². The van der Waals surface area contributed by atoms with Gasteiger partial charge < -0.3 is 15.4 Å². The zero-order valence-corrected chi connectivity index (χ0v) is 12.3. The van der Waals surface area contributed by atoms with E-state index < -0.39 is 0 Å². The maximum absolute atomic E-state index is 5.73. The summed E-state index contributed by atoms with van der Waals surface area (Å²) in [5.74, 6) is 0. The van der Waals surface area contributed by atoms with Gasteiger partial charge in [0.05, 0.1) is 6.61 Å². The standard InChI is InChI=1S/C14H32N2O/c1-5-16(11-12-17-6-2)10-8-7-9-14(3,4)13-15/h5-13,15H2,1-4H3. The average molecular weight is 244 g/mol. The molecule has 0 bridgehead atoms. The minimum absolute atomic E-state index is 0.308. The zero-order chi connectivity index (χ0) is 13.1. The summed E-state index contributed by atoms with van der Waals surface area (Å²) in [7, 11) is 0. The van der Waals surface area contributed by atoms with Gasteiger partial charge in [0.1, 0.15) is 0 Å². The van der Waals surface area contributed by atoms with Crippen LogP contribution in [0.3, 0.4) is 0 Å². The molecule has 104 valence electrons. The first-order valence-corrected chi connectivity index (χ1v) is 7.06. The first-order valence-electron chi connectivity index (χ1n) is 7.06.